The summed E-state index contributed by atoms with van der Waals surface area (Å²) >= 11 is 0. The molecule has 1 atom stereocenters. The van der Waals surface area contributed by atoms with Gasteiger partial charge in [-0.3, -0.25) is 0 Å². The van der Waals surface area contributed by atoms with Crippen molar-refractivity contribution < 1.29 is 4.63 Å². The fourth-order valence-corrected chi connectivity index (χ4v) is 1.08. The zero-order chi connectivity index (χ0) is 8.55. The van der Waals surface area contributed by atoms with Crippen LogP contribution in [-0.4, -0.2) is 10.3 Å². The molecule has 1 aromatic heterocycles. The van der Waals surface area contributed by atoms with E-state index in [9.17, 15) is 0 Å². The summed E-state index contributed by atoms with van der Waals surface area (Å²) in [5.74, 6) is 0. The number of hydrogen-bond acceptors (Lipinski definition) is 4. The molecule has 2 aromatic rings. The van der Waals surface area contributed by atoms with Gasteiger partial charge in [-0.1, -0.05) is 6.07 Å². The van der Waals surface area contributed by atoms with Crippen LogP contribution in [0.15, 0.2) is 22.8 Å². The van der Waals surface area contributed by atoms with Crippen LogP contribution in [0.3, 0.4) is 0 Å². The Balaban J connectivity index is 2.60. The number of hydrogen-bond donors (Lipinski definition) is 1. The van der Waals surface area contributed by atoms with Crippen molar-refractivity contribution in [2.45, 2.75) is 13.0 Å². The lowest BCUT2D eigenvalue weighted by Gasteiger charge is -2.02. The minimum absolute atomic E-state index is 0.0195. The lowest BCUT2D eigenvalue weighted by Crippen LogP contribution is -2.04. The molecule has 1 aromatic carbocycles. The summed E-state index contributed by atoms with van der Waals surface area (Å²) in [7, 11) is 0. The van der Waals surface area contributed by atoms with E-state index in [4.69, 9.17) is 5.73 Å². The summed E-state index contributed by atoms with van der Waals surface area (Å²) < 4.78 is 4.56. The van der Waals surface area contributed by atoms with E-state index in [0.29, 0.717) is 0 Å². The second kappa shape index (κ2) is 2.57. The van der Waals surface area contributed by atoms with E-state index >= 15 is 0 Å². The molecule has 0 aliphatic rings. The third-order valence-electron chi connectivity index (χ3n) is 1.80. The van der Waals surface area contributed by atoms with Crippen LogP contribution in [0.25, 0.3) is 11.0 Å². The highest BCUT2D eigenvalue weighted by Crippen LogP contribution is 2.15. The Kier molecular flexibility index (Phi) is 1.55. The van der Waals surface area contributed by atoms with Gasteiger partial charge in [0.1, 0.15) is 11.0 Å². The van der Waals surface area contributed by atoms with E-state index in [1.165, 1.54) is 0 Å². The first kappa shape index (κ1) is 7.24. The smallest absolute Gasteiger partial charge is 0.135 e. The summed E-state index contributed by atoms with van der Waals surface area (Å²) in [4.78, 5) is 0. The fraction of sp³-hybridized carbons (Fsp3) is 0.250. The molecule has 0 saturated carbocycles. The van der Waals surface area contributed by atoms with Gasteiger partial charge in [-0.05, 0) is 34.9 Å². The summed E-state index contributed by atoms with van der Waals surface area (Å²) in [6, 6.07) is 5.68. The Morgan fingerprint density at radius 1 is 1.33 bits per heavy atom. The van der Waals surface area contributed by atoms with Gasteiger partial charge in [0.05, 0.1) is 0 Å². The molecule has 0 spiro atoms. The third kappa shape index (κ3) is 1.06. The van der Waals surface area contributed by atoms with Crippen LogP contribution in [-0.2, 0) is 0 Å². The van der Waals surface area contributed by atoms with Crippen LogP contribution in [0.4, 0.5) is 0 Å². The average molecular weight is 163 g/mol. The molecule has 62 valence electrons. The first-order valence-corrected chi connectivity index (χ1v) is 3.75. The van der Waals surface area contributed by atoms with Crippen LogP contribution in [0.2, 0.25) is 0 Å². The maximum absolute atomic E-state index is 5.69. The van der Waals surface area contributed by atoms with Gasteiger partial charge >= 0.3 is 0 Å². The third-order valence-corrected chi connectivity index (χ3v) is 1.80. The molecule has 2 rings (SSSR count). The van der Waals surface area contributed by atoms with Crippen molar-refractivity contribution in [2.75, 3.05) is 0 Å². The summed E-state index contributed by atoms with van der Waals surface area (Å²) in [6.45, 7) is 1.93. The second-order valence-corrected chi connectivity index (χ2v) is 2.80. The van der Waals surface area contributed by atoms with Gasteiger partial charge < -0.3 is 5.73 Å². The highest BCUT2D eigenvalue weighted by Gasteiger charge is 2.03. The van der Waals surface area contributed by atoms with E-state index in [1.807, 2.05) is 25.1 Å². The number of nitrogens with two attached hydrogens (primary N) is 1. The minimum Gasteiger partial charge on any atom is -0.324 e. The van der Waals surface area contributed by atoms with Crippen molar-refractivity contribution in [3.63, 3.8) is 0 Å². The van der Waals surface area contributed by atoms with Crippen molar-refractivity contribution in [3.05, 3.63) is 23.8 Å². The number of nitrogens with zero attached hydrogens (tertiary/aromatic N) is 2. The number of fused-ring (bicyclic) bond motifs is 1. The SMILES string of the molecule is CC(N)c1ccc2nonc2c1. The Hall–Kier alpha value is -1.42. The number of aromatic nitrogens is 2. The monoisotopic (exact) mass is 163 g/mol. The van der Waals surface area contributed by atoms with Gasteiger partial charge in [-0.15, -0.1) is 0 Å². The van der Waals surface area contributed by atoms with Crippen molar-refractivity contribution in [1.29, 1.82) is 0 Å². The van der Waals surface area contributed by atoms with Gasteiger partial charge in [0.15, 0.2) is 0 Å². The summed E-state index contributed by atoms with van der Waals surface area (Å²) in [5.41, 5.74) is 8.25. The van der Waals surface area contributed by atoms with Crippen LogP contribution >= 0.6 is 0 Å². The summed E-state index contributed by atoms with van der Waals surface area (Å²) in [5, 5.41) is 7.41. The first-order chi connectivity index (χ1) is 5.77. The minimum atomic E-state index is 0.0195. The maximum atomic E-state index is 5.69. The molecule has 4 nitrogen and oxygen atoms in total. The molecular formula is C8H9N3O. The summed E-state index contributed by atoms with van der Waals surface area (Å²) in [6.07, 6.45) is 0. The highest BCUT2D eigenvalue weighted by molar-refractivity contribution is 5.73. The Bertz CT molecular complexity index is 394. The normalized spacial score (nSPS) is 13.5. The van der Waals surface area contributed by atoms with E-state index in [2.05, 4.69) is 14.9 Å². The quantitative estimate of drug-likeness (QED) is 0.686. The predicted molar refractivity (Wildman–Crippen MR) is 44.4 cm³/mol. The Morgan fingerprint density at radius 2 is 2.08 bits per heavy atom. The molecule has 0 aliphatic heterocycles. The molecule has 0 saturated heterocycles. The van der Waals surface area contributed by atoms with Crippen molar-refractivity contribution in [3.8, 4) is 0 Å². The molecule has 0 aliphatic carbocycles. The van der Waals surface area contributed by atoms with E-state index in [0.717, 1.165) is 16.6 Å². The molecule has 4 heteroatoms. The van der Waals surface area contributed by atoms with E-state index in [-0.39, 0.29) is 6.04 Å². The van der Waals surface area contributed by atoms with Crippen molar-refractivity contribution in [2.24, 2.45) is 5.73 Å². The van der Waals surface area contributed by atoms with Crippen LogP contribution in [0.1, 0.15) is 18.5 Å². The fourth-order valence-electron chi connectivity index (χ4n) is 1.08. The van der Waals surface area contributed by atoms with Gasteiger partial charge in [0.2, 0.25) is 0 Å². The second-order valence-electron chi connectivity index (χ2n) is 2.80. The number of benzene rings is 1. The molecule has 0 amide bonds. The standard InChI is InChI=1S/C8H9N3O/c1-5(9)6-2-3-7-8(4-6)11-12-10-7/h2-5H,9H2,1H3. The lowest BCUT2D eigenvalue weighted by molar-refractivity contribution is 0.315. The molecule has 0 bridgehead atoms. The molecule has 0 fully saturated rings. The molecule has 0 radical (unpaired) electrons. The van der Waals surface area contributed by atoms with Crippen molar-refractivity contribution >= 4 is 11.0 Å². The average Bonchev–Trinajstić information content (AvgIpc) is 2.49. The predicted octanol–water partition coefficient (Wildman–Crippen LogP) is 1.24. The Labute approximate surface area is 69.3 Å². The van der Waals surface area contributed by atoms with Gasteiger partial charge in [-0.25, -0.2) is 4.63 Å². The zero-order valence-electron chi connectivity index (χ0n) is 6.69. The Morgan fingerprint density at radius 3 is 2.83 bits per heavy atom. The molecule has 2 N–H and O–H groups in total. The van der Waals surface area contributed by atoms with E-state index < -0.39 is 0 Å². The van der Waals surface area contributed by atoms with Crippen LogP contribution in [0, 0.1) is 0 Å². The largest absolute Gasteiger partial charge is 0.324 e. The molecule has 1 heterocycles. The van der Waals surface area contributed by atoms with E-state index in [1.54, 1.807) is 0 Å². The van der Waals surface area contributed by atoms with Crippen LogP contribution in [0.5, 0.6) is 0 Å². The first-order valence-electron chi connectivity index (χ1n) is 3.75. The van der Waals surface area contributed by atoms with Gasteiger partial charge in [0, 0.05) is 6.04 Å². The molecular weight excluding hydrogens is 154 g/mol. The topological polar surface area (TPSA) is 64.9 Å². The van der Waals surface area contributed by atoms with Crippen LogP contribution < -0.4 is 5.73 Å². The molecule has 1 unspecified atom stereocenters. The zero-order valence-corrected chi connectivity index (χ0v) is 6.69. The van der Waals surface area contributed by atoms with Gasteiger partial charge in [0.25, 0.3) is 0 Å². The maximum Gasteiger partial charge on any atom is 0.135 e. The van der Waals surface area contributed by atoms with Gasteiger partial charge in [-0.2, -0.15) is 0 Å². The lowest BCUT2D eigenvalue weighted by atomic mass is 10.1. The number of rotatable bonds is 1. The van der Waals surface area contributed by atoms with Crippen molar-refractivity contribution in [1.82, 2.24) is 10.3 Å². The molecule has 12 heavy (non-hydrogen) atoms. The highest BCUT2D eigenvalue weighted by atomic mass is 16.6.